The van der Waals surface area contributed by atoms with Gasteiger partial charge < -0.3 is 5.32 Å². The van der Waals surface area contributed by atoms with E-state index < -0.39 is 0 Å². The van der Waals surface area contributed by atoms with Crippen LogP contribution < -0.4 is 5.32 Å². The van der Waals surface area contributed by atoms with Gasteiger partial charge in [-0.1, -0.05) is 55.8 Å². The van der Waals surface area contributed by atoms with Gasteiger partial charge in [0.2, 0.25) is 0 Å². The molecule has 0 bridgehead atoms. The number of rotatable bonds is 5. The van der Waals surface area contributed by atoms with E-state index >= 15 is 0 Å². The molecule has 0 aliphatic heterocycles. The molecular formula is C18H21BrClN. The van der Waals surface area contributed by atoms with Gasteiger partial charge in [0.1, 0.15) is 0 Å². The van der Waals surface area contributed by atoms with E-state index in [4.69, 9.17) is 11.6 Å². The lowest BCUT2D eigenvalue weighted by Gasteiger charge is -2.16. The van der Waals surface area contributed by atoms with Crippen LogP contribution in [-0.4, -0.2) is 0 Å². The van der Waals surface area contributed by atoms with Crippen LogP contribution in [0.3, 0.4) is 0 Å². The summed E-state index contributed by atoms with van der Waals surface area (Å²) in [7, 11) is 0. The molecule has 0 amide bonds. The van der Waals surface area contributed by atoms with Gasteiger partial charge >= 0.3 is 0 Å². The van der Waals surface area contributed by atoms with Crippen molar-refractivity contribution in [2.75, 3.05) is 0 Å². The van der Waals surface area contributed by atoms with E-state index in [2.05, 4.69) is 78.4 Å². The summed E-state index contributed by atoms with van der Waals surface area (Å²) in [6, 6.07) is 15.2. The number of nitrogens with one attached hydrogen (secondary N) is 1. The summed E-state index contributed by atoms with van der Waals surface area (Å²) in [6.07, 6.45) is 0. The van der Waals surface area contributed by atoms with Crippen molar-refractivity contribution in [3.05, 3.63) is 68.7 Å². The SMILES string of the molecule is CC(C)c1ccc(C(C)NCc2ccc(Cl)c(Br)c2)cc1. The molecule has 112 valence electrons. The lowest BCUT2D eigenvalue weighted by Crippen LogP contribution is -2.18. The zero-order valence-electron chi connectivity index (χ0n) is 12.7. The van der Waals surface area contributed by atoms with Crippen LogP contribution in [0.1, 0.15) is 49.4 Å². The van der Waals surface area contributed by atoms with Gasteiger partial charge in [0, 0.05) is 17.1 Å². The highest BCUT2D eigenvalue weighted by Gasteiger charge is 2.07. The number of halogens is 2. The number of benzene rings is 2. The Bertz CT molecular complexity index is 593. The minimum Gasteiger partial charge on any atom is -0.306 e. The van der Waals surface area contributed by atoms with E-state index in [-0.39, 0.29) is 0 Å². The first-order chi connectivity index (χ1) is 9.97. The molecule has 0 spiro atoms. The van der Waals surface area contributed by atoms with Crippen LogP contribution in [0.15, 0.2) is 46.9 Å². The van der Waals surface area contributed by atoms with Crippen molar-refractivity contribution in [1.29, 1.82) is 0 Å². The molecule has 1 unspecified atom stereocenters. The van der Waals surface area contributed by atoms with Gasteiger partial charge in [-0.25, -0.2) is 0 Å². The molecule has 2 rings (SSSR count). The topological polar surface area (TPSA) is 12.0 Å². The molecule has 1 atom stereocenters. The maximum Gasteiger partial charge on any atom is 0.0548 e. The fourth-order valence-electron chi connectivity index (χ4n) is 2.21. The summed E-state index contributed by atoms with van der Waals surface area (Å²) in [5.41, 5.74) is 3.91. The van der Waals surface area contributed by atoms with Gasteiger partial charge in [0.05, 0.1) is 5.02 Å². The Morgan fingerprint density at radius 1 is 1.00 bits per heavy atom. The monoisotopic (exact) mass is 365 g/mol. The van der Waals surface area contributed by atoms with E-state index in [0.29, 0.717) is 12.0 Å². The van der Waals surface area contributed by atoms with Crippen molar-refractivity contribution >= 4 is 27.5 Å². The van der Waals surface area contributed by atoms with E-state index in [1.165, 1.54) is 16.7 Å². The molecule has 2 aromatic carbocycles. The molecule has 0 heterocycles. The van der Waals surface area contributed by atoms with Gasteiger partial charge in [0.15, 0.2) is 0 Å². The Morgan fingerprint density at radius 2 is 1.62 bits per heavy atom. The molecule has 21 heavy (non-hydrogen) atoms. The highest BCUT2D eigenvalue weighted by Crippen LogP contribution is 2.24. The smallest absolute Gasteiger partial charge is 0.0548 e. The Morgan fingerprint density at radius 3 is 2.19 bits per heavy atom. The quantitative estimate of drug-likeness (QED) is 0.676. The van der Waals surface area contributed by atoms with Gasteiger partial charge in [-0.2, -0.15) is 0 Å². The van der Waals surface area contributed by atoms with Crippen LogP contribution >= 0.6 is 27.5 Å². The average Bonchev–Trinajstić information content (AvgIpc) is 2.48. The van der Waals surface area contributed by atoms with Crippen LogP contribution in [0.25, 0.3) is 0 Å². The third kappa shape index (κ3) is 4.57. The molecule has 0 fully saturated rings. The minimum atomic E-state index is 0.320. The van der Waals surface area contributed by atoms with Crippen molar-refractivity contribution in [3.8, 4) is 0 Å². The number of hydrogen-bond acceptors (Lipinski definition) is 1. The molecule has 0 saturated carbocycles. The summed E-state index contributed by atoms with van der Waals surface area (Å²) in [6.45, 7) is 7.45. The maximum atomic E-state index is 6.01. The molecule has 1 N–H and O–H groups in total. The first-order valence-corrected chi connectivity index (χ1v) is 8.41. The lowest BCUT2D eigenvalue weighted by atomic mass is 9.99. The minimum absolute atomic E-state index is 0.320. The van der Waals surface area contributed by atoms with Crippen LogP contribution in [0.4, 0.5) is 0 Å². The Hall–Kier alpha value is -0.830. The second kappa shape index (κ2) is 7.44. The first kappa shape index (κ1) is 16.5. The molecule has 2 aromatic rings. The van der Waals surface area contributed by atoms with Gasteiger partial charge in [-0.3, -0.25) is 0 Å². The highest BCUT2D eigenvalue weighted by atomic mass is 79.9. The van der Waals surface area contributed by atoms with Crippen molar-refractivity contribution < 1.29 is 0 Å². The average molecular weight is 367 g/mol. The standard InChI is InChI=1S/C18H21BrClN/c1-12(2)15-5-7-16(8-6-15)13(3)21-11-14-4-9-18(20)17(19)10-14/h4-10,12-13,21H,11H2,1-3H3. The highest BCUT2D eigenvalue weighted by molar-refractivity contribution is 9.10. The normalized spacial score (nSPS) is 12.7. The van der Waals surface area contributed by atoms with E-state index in [9.17, 15) is 0 Å². The maximum absolute atomic E-state index is 6.01. The van der Waals surface area contributed by atoms with E-state index in [1.54, 1.807) is 0 Å². The predicted octanol–water partition coefficient (Wildman–Crippen LogP) is 6.08. The van der Waals surface area contributed by atoms with Crippen LogP contribution in [0, 0.1) is 0 Å². The molecule has 0 radical (unpaired) electrons. The third-order valence-electron chi connectivity index (χ3n) is 3.70. The molecule has 1 nitrogen and oxygen atoms in total. The summed E-state index contributed by atoms with van der Waals surface area (Å²) < 4.78 is 0.942. The van der Waals surface area contributed by atoms with Gasteiger partial charge in [-0.15, -0.1) is 0 Å². The second-order valence-corrected chi connectivity index (χ2v) is 6.93. The molecule has 0 aliphatic rings. The van der Waals surface area contributed by atoms with Crippen molar-refractivity contribution in [2.45, 2.75) is 39.3 Å². The van der Waals surface area contributed by atoms with Crippen molar-refractivity contribution in [3.63, 3.8) is 0 Å². The molecule has 0 aromatic heterocycles. The zero-order chi connectivity index (χ0) is 15.4. The summed E-state index contributed by atoms with van der Waals surface area (Å²) in [5, 5.41) is 4.29. The Balaban J connectivity index is 1.97. The predicted molar refractivity (Wildman–Crippen MR) is 94.9 cm³/mol. The van der Waals surface area contributed by atoms with Crippen molar-refractivity contribution in [2.24, 2.45) is 0 Å². The molecular weight excluding hydrogens is 346 g/mol. The lowest BCUT2D eigenvalue weighted by molar-refractivity contribution is 0.574. The summed E-state index contributed by atoms with van der Waals surface area (Å²) >= 11 is 9.47. The van der Waals surface area contributed by atoms with Crippen LogP contribution in [-0.2, 0) is 6.54 Å². The van der Waals surface area contributed by atoms with Crippen LogP contribution in [0.2, 0.25) is 5.02 Å². The fraction of sp³-hybridized carbons (Fsp3) is 0.333. The molecule has 0 saturated heterocycles. The van der Waals surface area contributed by atoms with E-state index in [1.807, 2.05) is 6.07 Å². The fourth-order valence-corrected chi connectivity index (χ4v) is 2.75. The third-order valence-corrected chi connectivity index (χ3v) is 4.91. The van der Waals surface area contributed by atoms with Gasteiger partial charge in [0.25, 0.3) is 0 Å². The summed E-state index contributed by atoms with van der Waals surface area (Å²) in [4.78, 5) is 0. The first-order valence-electron chi connectivity index (χ1n) is 7.24. The molecule has 3 heteroatoms. The molecule has 0 aliphatic carbocycles. The zero-order valence-corrected chi connectivity index (χ0v) is 15.0. The summed E-state index contributed by atoms with van der Waals surface area (Å²) in [5.74, 6) is 0.578. The largest absolute Gasteiger partial charge is 0.306 e. The Kier molecular flexibility index (Phi) is 5.86. The van der Waals surface area contributed by atoms with Crippen LogP contribution in [0.5, 0.6) is 0 Å². The second-order valence-electron chi connectivity index (χ2n) is 5.67. The van der Waals surface area contributed by atoms with E-state index in [0.717, 1.165) is 16.0 Å². The van der Waals surface area contributed by atoms with Crippen molar-refractivity contribution in [1.82, 2.24) is 5.32 Å². The number of hydrogen-bond donors (Lipinski definition) is 1. The van der Waals surface area contributed by atoms with Gasteiger partial charge in [-0.05, 0) is 57.6 Å². The Labute approximate surface area is 140 Å².